The fourth-order valence-electron chi connectivity index (χ4n) is 3.12. The van der Waals surface area contributed by atoms with Crippen molar-refractivity contribution in [2.45, 2.75) is 39.7 Å². The summed E-state index contributed by atoms with van der Waals surface area (Å²) in [4.78, 5) is 0. The number of aliphatic hydroxyl groups excluding tert-OH is 1. The van der Waals surface area contributed by atoms with Crippen molar-refractivity contribution in [3.8, 4) is 0 Å². The van der Waals surface area contributed by atoms with Crippen molar-refractivity contribution in [2.75, 3.05) is 0 Å². The Morgan fingerprint density at radius 2 is 1.91 bits per heavy atom. The lowest BCUT2D eigenvalue weighted by atomic mass is 9.45. The molecule has 1 N–H and O–H groups in total. The van der Waals surface area contributed by atoms with Crippen LogP contribution in [0.1, 0.15) is 33.6 Å². The highest BCUT2D eigenvalue weighted by Crippen LogP contribution is 2.61. The van der Waals surface area contributed by atoms with E-state index >= 15 is 0 Å². The molecule has 0 heterocycles. The van der Waals surface area contributed by atoms with Gasteiger partial charge in [-0.1, -0.05) is 20.8 Å². The molecule has 3 fully saturated rings. The smallest absolute Gasteiger partial charge is 0.0571 e. The van der Waals surface area contributed by atoms with E-state index in [-0.39, 0.29) is 6.10 Å². The molecule has 1 nitrogen and oxygen atoms in total. The van der Waals surface area contributed by atoms with E-state index in [9.17, 15) is 5.11 Å². The van der Waals surface area contributed by atoms with Gasteiger partial charge < -0.3 is 5.11 Å². The molecule has 0 saturated heterocycles. The lowest BCUT2D eigenvalue weighted by molar-refractivity contribution is -0.154. The van der Waals surface area contributed by atoms with Crippen molar-refractivity contribution in [3.63, 3.8) is 0 Å². The van der Waals surface area contributed by atoms with E-state index in [1.165, 1.54) is 6.42 Å². The molecule has 0 radical (unpaired) electrons. The van der Waals surface area contributed by atoms with Gasteiger partial charge in [0.1, 0.15) is 0 Å². The van der Waals surface area contributed by atoms with E-state index in [1.807, 2.05) is 0 Å². The third-order valence-electron chi connectivity index (χ3n) is 4.31. The normalized spacial score (nSPS) is 53.5. The summed E-state index contributed by atoms with van der Waals surface area (Å²) in [5, 5.41) is 9.61. The predicted molar refractivity (Wildman–Crippen MR) is 45.2 cm³/mol. The molecule has 2 bridgehead atoms. The Bertz CT molecular complexity index is 174. The highest BCUT2D eigenvalue weighted by atomic mass is 16.3. The molecule has 64 valence electrons. The van der Waals surface area contributed by atoms with Crippen LogP contribution in [0.3, 0.4) is 0 Å². The molecular weight excluding hydrogens is 136 g/mol. The van der Waals surface area contributed by atoms with E-state index in [0.717, 1.165) is 18.3 Å². The first-order valence-corrected chi connectivity index (χ1v) is 4.71. The summed E-state index contributed by atoms with van der Waals surface area (Å²) in [6, 6.07) is 0. The number of hydrogen-bond acceptors (Lipinski definition) is 1. The van der Waals surface area contributed by atoms with Crippen LogP contribution in [0, 0.1) is 23.2 Å². The van der Waals surface area contributed by atoms with E-state index < -0.39 is 0 Å². The van der Waals surface area contributed by atoms with Crippen LogP contribution in [0.15, 0.2) is 0 Å². The second kappa shape index (κ2) is 2.01. The van der Waals surface area contributed by atoms with Crippen molar-refractivity contribution in [1.82, 2.24) is 0 Å². The third kappa shape index (κ3) is 0.807. The van der Waals surface area contributed by atoms with Crippen molar-refractivity contribution in [1.29, 1.82) is 0 Å². The first-order valence-electron chi connectivity index (χ1n) is 4.71. The molecule has 0 spiro atoms. The fourth-order valence-corrected chi connectivity index (χ4v) is 3.12. The zero-order chi connectivity index (χ0) is 8.22. The van der Waals surface area contributed by atoms with Gasteiger partial charge in [0.2, 0.25) is 0 Å². The number of hydrogen-bond donors (Lipinski definition) is 1. The Hall–Kier alpha value is -0.0400. The van der Waals surface area contributed by atoms with Gasteiger partial charge in [0, 0.05) is 0 Å². The molecule has 0 amide bonds. The van der Waals surface area contributed by atoms with Gasteiger partial charge in [-0.15, -0.1) is 0 Å². The van der Waals surface area contributed by atoms with Crippen LogP contribution >= 0.6 is 0 Å². The van der Waals surface area contributed by atoms with Gasteiger partial charge in [-0.05, 0) is 36.0 Å². The zero-order valence-electron chi connectivity index (χ0n) is 7.67. The first kappa shape index (κ1) is 7.60. The minimum atomic E-state index is -0.00762. The molecule has 0 aromatic carbocycles. The van der Waals surface area contributed by atoms with Crippen LogP contribution in [-0.2, 0) is 0 Å². The SMILES string of the molecule is C[C@@H]1[C@@H](O)C[C@@H]2C[C@@H]1C2(C)C. The molecule has 3 rings (SSSR count). The Labute approximate surface area is 68.8 Å². The molecule has 3 aliphatic rings. The quantitative estimate of drug-likeness (QED) is 0.566. The Morgan fingerprint density at radius 1 is 1.27 bits per heavy atom. The van der Waals surface area contributed by atoms with Crippen LogP contribution in [0.5, 0.6) is 0 Å². The van der Waals surface area contributed by atoms with Crippen molar-refractivity contribution in [2.24, 2.45) is 23.2 Å². The summed E-state index contributed by atoms with van der Waals surface area (Å²) in [7, 11) is 0. The second-order valence-electron chi connectivity index (χ2n) is 5.02. The Morgan fingerprint density at radius 3 is 2.27 bits per heavy atom. The molecule has 1 heteroatoms. The van der Waals surface area contributed by atoms with Crippen LogP contribution in [0.25, 0.3) is 0 Å². The molecule has 11 heavy (non-hydrogen) atoms. The van der Waals surface area contributed by atoms with Gasteiger partial charge in [0.25, 0.3) is 0 Å². The van der Waals surface area contributed by atoms with E-state index in [4.69, 9.17) is 0 Å². The highest BCUT2D eigenvalue weighted by molar-refractivity contribution is 5.04. The van der Waals surface area contributed by atoms with Crippen molar-refractivity contribution < 1.29 is 5.11 Å². The molecule has 0 aromatic rings. The first-order chi connectivity index (χ1) is 5.03. The van der Waals surface area contributed by atoms with Crippen LogP contribution < -0.4 is 0 Å². The average molecular weight is 154 g/mol. The molecular formula is C10H18O. The summed E-state index contributed by atoms with van der Waals surface area (Å²) >= 11 is 0. The lowest BCUT2D eigenvalue weighted by Gasteiger charge is -2.61. The fraction of sp³-hybridized carbons (Fsp3) is 1.00. The van der Waals surface area contributed by atoms with E-state index in [1.54, 1.807) is 0 Å². The summed E-state index contributed by atoms with van der Waals surface area (Å²) in [6.07, 6.45) is 2.40. The average Bonchev–Trinajstić information content (AvgIpc) is 1.93. The number of aliphatic hydroxyl groups is 1. The third-order valence-corrected chi connectivity index (χ3v) is 4.31. The van der Waals surface area contributed by atoms with E-state index in [2.05, 4.69) is 20.8 Å². The Balaban J connectivity index is 2.17. The summed E-state index contributed by atoms with van der Waals surface area (Å²) in [5.74, 6) is 2.13. The zero-order valence-corrected chi connectivity index (χ0v) is 7.67. The number of fused-ring (bicyclic) bond motifs is 2. The number of rotatable bonds is 0. The van der Waals surface area contributed by atoms with Crippen LogP contribution in [0.2, 0.25) is 0 Å². The van der Waals surface area contributed by atoms with Gasteiger partial charge in [0.05, 0.1) is 6.10 Å². The minimum absolute atomic E-state index is 0.00762. The molecule has 4 atom stereocenters. The van der Waals surface area contributed by atoms with Gasteiger partial charge in [-0.3, -0.25) is 0 Å². The van der Waals surface area contributed by atoms with Crippen molar-refractivity contribution >= 4 is 0 Å². The Kier molecular flexibility index (Phi) is 1.39. The maximum absolute atomic E-state index is 9.61. The predicted octanol–water partition coefficient (Wildman–Crippen LogP) is 2.05. The summed E-state index contributed by atoms with van der Waals surface area (Å²) in [5.41, 5.74) is 0.526. The topological polar surface area (TPSA) is 20.2 Å². The van der Waals surface area contributed by atoms with E-state index in [0.29, 0.717) is 11.3 Å². The molecule has 3 aliphatic carbocycles. The summed E-state index contributed by atoms with van der Waals surface area (Å²) in [6.45, 7) is 6.91. The lowest BCUT2D eigenvalue weighted by Crippen LogP contribution is -2.56. The molecule has 0 unspecified atom stereocenters. The molecule has 0 aromatic heterocycles. The standard InChI is InChI=1S/C10H18O/c1-6-8-4-7(5-9(6)11)10(8,2)3/h6-9,11H,4-5H2,1-3H3/t6-,7-,8-,9-/m0/s1. The monoisotopic (exact) mass is 154 g/mol. The van der Waals surface area contributed by atoms with Crippen LogP contribution in [-0.4, -0.2) is 11.2 Å². The summed E-state index contributed by atoms with van der Waals surface area (Å²) < 4.78 is 0. The van der Waals surface area contributed by atoms with Gasteiger partial charge in [0.15, 0.2) is 0 Å². The molecule has 3 saturated carbocycles. The molecule has 0 aliphatic heterocycles. The van der Waals surface area contributed by atoms with Gasteiger partial charge >= 0.3 is 0 Å². The van der Waals surface area contributed by atoms with Crippen molar-refractivity contribution in [3.05, 3.63) is 0 Å². The highest BCUT2D eigenvalue weighted by Gasteiger charge is 2.55. The van der Waals surface area contributed by atoms with Gasteiger partial charge in [-0.2, -0.15) is 0 Å². The maximum Gasteiger partial charge on any atom is 0.0571 e. The van der Waals surface area contributed by atoms with Gasteiger partial charge in [-0.25, -0.2) is 0 Å². The largest absolute Gasteiger partial charge is 0.393 e. The van der Waals surface area contributed by atoms with Crippen LogP contribution in [0.4, 0.5) is 0 Å². The minimum Gasteiger partial charge on any atom is -0.393 e. The second-order valence-corrected chi connectivity index (χ2v) is 5.02. The maximum atomic E-state index is 9.61.